The van der Waals surface area contributed by atoms with Crippen LogP contribution in [0.1, 0.15) is 12.6 Å². The fraction of sp³-hybridized carbons (Fsp3) is 0.158. The molecule has 0 atom stereocenters. The van der Waals surface area contributed by atoms with Crippen LogP contribution in [0.25, 0.3) is 22.3 Å². The van der Waals surface area contributed by atoms with E-state index in [0.717, 1.165) is 34.9 Å². The molecule has 0 unspecified atom stereocenters. The van der Waals surface area contributed by atoms with Gasteiger partial charge >= 0.3 is 5.97 Å². The van der Waals surface area contributed by atoms with Crippen molar-refractivity contribution in [2.75, 3.05) is 6.79 Å². The monoisotopic (exact) mass is 323 g/mol. The van der Waals surface area contributed by atoms with E-state index < -0.39 is 5.97 Å². The number of aryl methyl sites for hydroxylation is 1. The summed E-state index contributed by atoms with van der Waals surface area (Å²) in [6, 6.07) is 11.3. The van der Waals surface area contributed by atoms with Crippen molar-refractivity contribution in [1.82, 2.24) is 4.98 Å². The van der Waals surface area contributed by atoms with Gasteiger partial charge in [0.1, 0.15) is 17.1 Å². The van der Waals surface area contributed by atoms with Gasteiger partial charge in [-0.1, -0.05) is 13.5 Å². The zero-order chi connectivity index (χ0) is 16.9. The van der Waals surface area contributed by atoms with Crippen molar-refractivity contribution >= 4 is 16.9 Å². The number of esters is 1. The first-order valence-electron chi connectivity index (χ1n) is 7.61. The minimum Gasteiger partial charge on any atom is -0.457 e. The number of fused-ring (bicyclic) bond motifs is 1. The summed E-state index contributed by atoms with van der Waals surface area (Å²) < 4.78 is 16.1. The molecule has 122 valence electrons. The molecular weight excluding hydrogens is 306 g/mol. The first kappa shape index (κ1) is 15.8. The van der Waals surface area contributed by atoms with Gasteiger partial charge < -0.3 is 13.9 Å². The molecule has 5 nitrogen and oxygen atoms in total. The Morgan fingerprint density at radius 2 is 2.21 bits per heavy atom. The van der Waals surface area contributed by atoms with Gasteiger partial charge in [0, 0.05) is 29.3 Å². The normalized spacial score (nSPS) is 10.5. The van der Waals surface area contributed by atoms with Crippen LogP contribution in [0.4, 0.5) is 0 Å². The number of hydrogen-bond acceptors (Lipinski definition) is 5. The maximum absolute atomic E-state index is 11.0. The summed E-state index contributed by atoms with van der Waals surface area (Å²) in [6.45, 7) is 5.21. The van der Waals surface area contributed by atoms with E-state index in [0.29, 0.717) is 11.3 Å². The second-order valence-corrected chi connectivity index (χ2v) is 5.09. The average molecular weight is 323 g/mol. The number of hydrogen-bond donors (Lipinski definition) is 0. The minimum atomic E-state index is -0.528. The fourth-order valence-corrected chi connectivity index (χ4v) is 2.39. The molecule has 0 aliphatic rings. The highest BCUT2D eigenvalue weighted by Crippen LogP contribution is 2.31. The second kappa shape index (κ2) is 7.00. The van der Waals surface area contributed by atoms with Gasteiger partial charge in [-0.2, -0.15) is 0 Å². The molecule has 2 heterocycles. The Bertz CT molecular complexity index is 882. The van der Waals surface area contributed by atoms with Gasteiger partial charge in [0.25, 0.3) is 0 Å². The average Bonchev–Trinajstić information content (AvgIpc) is 3.04. The van der Waals surface area contributed by atoms with Gasteiger partial charge in [-0.25, -0.2) is 4.79 Å². The maximum atomic E-state index is 11.0. The van der Waals surface area contributed by atoms with Gasteiger partial charge in [0.15, 0.2) is 0 Å². The molecule has 0 spiro atoms. The Hall–Kier alpha value is -3.08. The minimum absolute atomic E-state index is 0.174. The first-order chi connectivity index (χ1) is 11.7. The molecule has 24 heavy (non-hydrogen) atoms. The van der Waals surface area contributed by atoms with E-state index in [1.165, 1.54) is 0 Å². The highest BCUT2D eigenvalue weighted by Gasteiger charge is 2.11. The van der Waals surface area contributed by atoms with Crippen molar-refractivity contribution < 1.29 is 18.7 Å². The zero-order valence-corrected chi connectivity index (χ0v) is 13.3. The largest absolute Gasteiger partial charge is 0.457 e. The van der Waals surface area contributed by atoms with Crippen molar-refractivity contribution in [3.8, 4) is 17.1 Å². The molecule has 3 aromatic rings. The first-order valence-corrected chi connectivity index (χ1v) is 7.61. The van der Waals surface area contributed by atoms with Crippen LogP contribution in [-0.2, 0) is 16.0 Å². The molecule has 5 heteroatoms. The molecule has 1 aromatic carbocycles. The summed E-state index contributed by atoms with van der Waals surface area (Å²) in [5.74, 6) is 0.799. The molecule has 3 rings (SSSR count). The molecule has 0 saturated heterocycles. The summed E-state index contributed by atoms with van der Waals surface area (Å²) >= 11 is 0. The van der Waals surface area contributed by atoms with Crippen LogP contribution < -0.4 is 4.74 Å². The molecule has 0 aliphatic heterocycles. The molecule has 0 N–H and O–H groups in total. The lowest BCUT2D eigenvalue weighted by Crippen LogP contribution is -2.07. The van der Waals surface area contributed by atoms with Crippen LogP contribution in [-0.4, -0.2) is 17.7 Å². The Morgan fingerprint density at radius 1 is 1.33 bits per heavy atom. The number of pyridine rings is 1. The summed E-state index contributed by atoms with van der Waals surface area (Å²) in [4.78, 5) is 15.4. The van der Waals surface area contributed by atoms with Crippen LogP contribution in [0, 0.1) is 0 Å². The van der Waals surface area contributed by atoms with Crippen LogP contribution >= 0.6 is 0 Å². The van der Waals surface area contributed by atoms with Crippen molar-refractivity contribution in [1.29, 1.82) is 0 Å². The van der Waals surface area contributed by atoms with E-state index >= 15 is 0 Å². The number of carbonyl (C=O) groups is 1. The van der Waals surface area contributed by atoms with Crippen molar-refractivity contribution in [3.63, 3.8) is 0 Å². The van der Waals surface area contributed by atoms with E-state index in [-0.39, 0.29) is 6.79 Å². The van der Waals surface area contributed by atoms with Crippen LogP contribution in [0.5, 0.6) is 5.75 Å². The summed E-state index contributed by atoms with van der Waals surface area (Å²) in [6.07, 6.45) is 3.70. The van der Waals surface area contributed by atoms with Crippen molar-refractivity contribution in [2.45, 2.75) is 13.3 Å². The number of nitrogens with zero attached hydrogens (tertiary/aromatic N) is 1. The molecule has 0 radical (unpaired) electrons. The maximum Gasteiger partial charge on any atom is 0.333 e. The van der Waals surface area contributed by atoms with E-state index in [9.17, 15) is 4.79 Å². The van der Waals surface area contributed by atoms with Crippen molar-refractivity contribution in [2.24, 2.45) is 0 Å². The summed E-state index contributed by atoms with van der Waals surface area (Å²) in [5, 5.41) is 0.964. The zero-order valence-electron chi connectivity index (χ0n) is 13.3. The molecule has 0 saturated carbocycles. The Labute approximate surface area is 139 Å². The molecule has 0 amide bonds. The molecule has 0 aliphatic carbocycles. The second-order valence-electron chi connectivity index (χ2n) is 5.09. The van der Waals surface area contributed by atoms with Gasteiger partial charge in [0.2, 0.25) is 6.79 Å². The van der Waals surface area contributed by atoms with Gasteiger partial charge in [-0.05, 0) is 36.8 Å². The smallest absolute Gasteiger partial charge is 0.333 e. The standard InChI is InChI=1S/C19H17NO4/c1-3-16-15(6-5-9-20-16)18-10-13-7-8-14(11-17(13)24-18)22-12-23-19(21)4-2/h4-11H,2-3,12H2,1H3. The number of furan rings is 1. The lowest BCUT2D eigenvalue weighted by Gasteiger charge is -2.05. The Kier molecular flexibility index (Phi) is 4.61. The molecule has 2 aromatic heterocycles. The van der Waals surface area contributed by atoms with E-state index in [1.54, 1.807) is 18.3 Å². The fourth-order valence-electron chi connectivity index (χ4n) is 2.39. The highest BCUT2D eigenvalue weighted by molar-refractivity contribution is 5.84. The van der Waals surface area contributed by atoms with Crippen molar-refractivity contribution in [3.05, 3.63) is 60.9 Å². The number of ether oxygens (including phenoxy) is 2. The third-order valence-electron chi connectivity index (χ3n) is 3.58. The van der Waals surface area contributed by atoms with E-state index in [2.05, 4.69) is 18.5 Å². The Morgan fingerprint density at radius 3 is 3.00 bits per heavy atom. The molecular formula is C19H17NO4. The van der Waals surface area contributed by atoms with E-state index in [4.69, 9.17) is 13.9 Å². The van der Waals surface area contributed by atoms with Crippen LogP contribution in [0.15, 0.2) is 59.7 Å². The number of benzene rings is 1. The van der Waals surface area contributed by atoms with Gasteiger partial charge in [0.05, 0.1) is 5.69 Å². The predicted molar refractivity (Wildman–Crippen MR) is 90.6 cm³/mol. The van der Waals surface area contributed by atoms with Gasteiger partial charge in [-0.15, -0.1) is 0 Å². The van der Waals surface area contributed by atoms with Crippen LogP contribution in [0.2, 0.25) is 0 Å². The predicted octanol–water partition coefficient (Wildman–Crippen LogP) is 4.12. The van der Waals surface area contributed by atoms with E-state index in [1.807, 2.05) is 24.3 Å². The number of aromatic nitrogens is 1. The number of carbonyl (C=O) groups excluding carboxylic acids is 1. The number of rotatable bonds is 6. The Balaban J connectivity index is 1.84. The lowest BCUT2D eigenvalue weighted by molar-refractivity contribution is -0.144. The molecule has 0 fully saturated rings. The lowest BCUT2D eigenvalue weighted by atomic mass is 10.1. The summed E-state index contributed by atoms with van der Waals surface area (Å²) in [7, 11) is 0. The molecule has 0 bridgehead atoms. The summed E-state index contributed by atoms with van der Waals surface area (Å²) in [5.41, 5.74) is 2.67. The quantitative estimate of drug-likeness (QED) is 0.388. The SMILES string of the molecule is C=CC(=O)OCOc1ccc2cc(-c3cccnc3CC)oc2c1. The van der Waals surface area contributed by atoms with Crippen LogP contribution in [0.3, 0.4) is 0 Å². The topological polar surface area (TPSA) is 61.6 Å². The third kappa shape index (κ3) is 3.30. The highest BCUT2D eigenvalue weighted by atomic mass is 16.7. The van der Waals surface area contributed by atoms with Gasteiger partial charge in [-0.3, -0.25) is 4.98 Å². The third-order valence-corrected chi connectivity index (χ3v) is 3.58.